The van der Waals surface area contributed by atoms with Gasteiger partial charge in [0.1, 0.15) is 18.8 Å². The van der Waals surface area contributed by atoms with Crippen molar-refractivity contribution < 1.29 is 58.2 Å². The molecule has 0 saturated carbocycles. The third kappa shape index (κ3) is 46.0. The Morgan fingerprint density at radius 3 is 1.27 bits per heavy atom. The van der Waals surface area contributed by atoms with Crippen LogP contribution in [0.2, 0.25) is 0 Å². The van der Waals surface area contributed by atoms with Gasteiger partial charge in [0.2, 0.25) is 0 Å². The number of hydrogen-bond acceptors (Lipinski definition) is 11. The Balaban J connectivity index is 2.69. The van der Waals surface area contributed by atoms with Crippen molar-refractivity contribution in [3.8, 4) is 0 Å². The lowest BCUT2D eigenvalue weighted by Crippen LogP contribution is -2.61. The van der Waals surface area contributed by atoms with Crippen molar-refractivity contribution in [1.29, 1.82) is 0 Å². The van der Waals surface area contributed by atoms with Crippen LogP contribution in [-0.2, 0) is 42.9 Å². The Hall–Kier alpha value is -4.10. The van der Waals surface area contributed by atoms with Gasteiger partial charge >= 0.3 is 23.9 Å². The third-order valence-electron chi connectivity index (χ3n) is 14.5. The Morgan fingerprint density at radius 1 is 0.432 bits per heavy atom. The molecule has 1 aliphatic rings. The van der Waals surface area contributed by atoms with Crippen molar-refractivity contribution in [2.75, 3.05) is 13.2 Å². The molecule has 0 spiro atoms. The number of ether oxygens (including phenoxy) is 5. The normalized spacial score (nSPS) is 18.3. The summed E-state index contributed by atoms with van der Waals surface area (Å²) < 4.78 is 28.4. The molecule has 1 fully saturated rings. The molecule has 0 amide bonds. The second-order valence-corrected chi connectivity index (χ2v) is 22.0. The van der Waals surface area contributed by atoms with Crippen LogP contribution in [0.25, 0.3) is 0 Å². The number of esters is 3. The molecular weight excluding hydrogens is 1020 g/mol. The molecule has 1 rings (SSSR count). The highest BCUT2D eigenvalue weighted by Crippen LogP contribution is 2.26. The summed E-state index contributed by atoms with van der Waals surface area (Å²) >= 11 is 0. The molecule has 0 aromatic rings. The van der Waals surface area contributed by atoms with Crippen LogP contribution in [0, 0.1) is 0 Å². The molecule has 12 heteroatoms. The smallest absolute Gasteiger partial charge is 0.335 e. The fraction of sp³-hybridized carbons (Fsp3) is 0.739. The van der Waals surface area contributed by atoms with Gasteiger partial charge in [-0.3, -0.25) is 14.4 Å². The first-order valence-corrected chi connectivity index (χ1v) is 32.6. The molecule has 0 bridgehead atoms. The van der Waals surface area contributed by atoms with Gasteiger partial charge in [-0.2, -0.15) is 0 Å². The maximum Gasteiger partial charge on any atom is 0.335 e. The number of unbranched alkanes of at least 4 members (excludes halogenated alkanes) is 28. The van der Waals surface area contributed by atoms with E-state index in [-0.39, 0.29) is 25.9 Å². The van der Waals surface area contributed by atoms with E-state index in [0.29, 0.717) is 19.3 Å². The zero-order valence-corrected chi connectivity index (χ0v) is 51.3. The number of aliphatic carboxylic acids is 1. The fourth-order valence-electron chi connectivity index (χ4n) is 9.53. The minimum atomic E-state index is -1.94. The zero-order chi connectivity index (χ0) is 58.9. The number of allylic oxidation sites excluding steroid dienone is 13. The van der Waals surface area contributed by atoms with E-state index in [4.69, 9.17) is 23.7 Å². The monoisotopic (exact) mass is 1140 g/mol. The second-order valence-electron chi connectivity index (χ2n) is 22.0. The van der Waals surface area contributed by atoms with Crippen molar-refractivity contribution in [2.45, 2.75) is 314 Å². The summed E-state index contributed by atoms with van der Waals surface area (Å²) in [6.45, 7) is 5.84. The Bertz CT molecular complexity index is 1730. The molecule has 81 heavy (non-hydrogen) atoms. The summed E-state index contributed by atoms with van der Waals surface area (Å²) in [5.74, 6) is -3.28. The maximum atomic E-state index is 13.2. The van der Waals surface area contributed by atoms with Gasteiger partial charge in [-0.05, 0) is 77.0 Å². The number of hydrogen-bond donors (Lipinski definition) is 3. The van der Waals surface area contributed by atoms with E-state index in [1.807, 2.05) is 12.2 Å². The SMILES string of the molecule is CC/C=C\C/C=C\C/C=C\C/C=C\C/C=C\CC(=O)OC1C(OCC(COC(=O)CCCCCCCCCCCCCCCCCCCCC)OC(=O)CCCCCCCCC/C=C\C/C=C\CCCCC)OC(C(=O)O)C(O)C1O. The molecule has 464 valence electrons. The highest BCUT2D eigenvalue weighted by Gasteiger charge is 2.50. The summed E-state index contributed by atoms with van der Waals surface area (Å²) in [6.07, 6.45) is 61.4. The minimum Gasteiger partial charge on any atom is -0.479 e. The van der Waals surface area contributed by atoms with Crippen molar-refractivity contribution in [1.82, 2.24) is 0 Å². The summed E-state index contributed by atoms with van der Waals surface area (Å²) in [4.78, 5) is 51.3. The maximum absolute atomic E-state index is 13.2. The van der Waals surface area contributed by atoms with Crippen LogP contribution >= 0.6 is 0 Å². The highest BCUT2D eigenvalue weighted by atomic mass is 16.7. The number of carboxylic acid groups (broad SMARTS) is 1. The first-order valence-electron chi connectivity index (χ1n) is 32.6. The van der Waals surface area contributed by atoms with Crippen LogP contribution in [-0.4, -0.2) is 89.2 Å². The summed E-state index contributed by atoms with van der Waals surface area (Å²) in [5, 5.41) is 31.5. The van der Waals surface area contributed by atoms with Gasteiger partial charge in [0.25, 0.3) is 0 Å². The molecule has 1 saturated heterocycles. The van der Waals surface area contributed by atoms with E-state index >= 15 is 0 Å². The van der Waals surface area contributed by atoms with Crippen LogP contribution < -0.4 is 0 Å². The van der Waals surface area contributed by atoms with E-state index in [1.54, 1.807) is 12.2 Å². The lowest BCUT2D eigenvalue weighted by Gasteiger charge is -2.40. The average Bonchev–Trinajstić information content (AvgIpc) is 3.53. The minimum absolute atomic E-state index is 0.142. The molecule has 0 aromatic carbocycles. The van der Waals surface area contributed by atoms with E-state index in [2.05, 4.69) is 81.5 Å². The summed E-state index contributed by atoms with van der Waals surface area (Å²) in [7, 11) is 0. The number of carbonyl (C=O) groups is 4. The highest BCUT2D eigenvalue weighted by molar-refractivity contribution is 5.74. The van der Waals surface area contributed by atoms with Gasteiger partial charge in [-0.15, -0.1) is 0 Å². The number of carbonyl (C=O) groups excluding carboxylic acids is 3. The van der Waals surface area contributed by atoms with Crippen molar-refractivity contribution >= 4 is 23.9 Å². The van der Waals surface area contributed by atoms with Gasteiger partial charge in [0.05, 0.1) is 13.0 Å². The standard InChI is InChI=1S/C69H116O12/c1-4-7-10-13-16-19-22-25-28-30-31-33-35-37-40-43-46-49-52-55-61(70)77-58-60(79-62(71)56-53-50-47-44-41-39-36-32-29-26-23-20-17-14-11-8-5-2)59-78-69-67(65(74)64(73)66(81-69)68(75)76)80-63(72)57-54-51-48-45-42-38-34-27-24-21-18-15-12-9-6-3/h9,12,17-18,20-21,26-27,29,34,42,45,51,54,60,64-67,69,73-74H,4-8,10-11,13-16,19,22-25,28,30-33,35-41,43-44,46-50,52-53,55-59H2,1-3H3,(H,75,76)/b12-9-,20-17-,21-18-,29-26-,34-27-,45-42-,54-51-. The third-order valence-corrected chi connectivity index (χ3v) is 14.5. The Morgan fingerprint density at radius 2 is 0.815 bits per heavy atom. The Kier molecular flexibility index (Phi) is 52.1. The van der Waals surface area contributed by atoms with Crippen LogP contribution in [0.5, 0.6) is 0 Å². The molecule has 1 aliphatic heterocycles. The molecule has 0 aromatic heterocycles. The van der Waals surface area contributed by atoms with Gasteiger partial charge in [0.15, 0.2) is 24.6 Å². The molecule has 0 radical (unpaired) electrons. The van der Waals surface area contributed by atoms with E-state index in [9.17, 15) is 34.5 Å². The topological polar surface area (TPSA) is 175 Å². The molecule has 6 atom stereocenters. The molecule has 0 aliphatic carbocycles. The lowest BCUT2D eigenvalue weighted by atomic mass is 9.98. The average molecular weight is 1140 g/mol. The molecular formula is C69H116O12. The quantitative estimate of drug-likeness (QED) is 0.0228. The van der Waals surface area contributed by atoms with Gasteiger partial charge in [-0.1, -0.05) is 266 Å². The number of aliphatic hydroxyl groups is 2. The van der Waals surface area contributed by atoms with Gasteiger partial charge < -0.3 is 39.0 Å². The summed E-state index contributed by atoms with van der Waals surface area (Å²) in [6, 6.07) is 0. The van der Waals surface area contributed by atoms with Crippen LogP contribution in [0.15, 0.2) is 85.1 Å². The van der Waals surface area contributed by atoms with Crippen molar-refractivity contribution in [2.24, 2.45) is 0 Å². The first kappa shape index (κ1) is 74.9. The predicted molar refractivity (Wildman–Crippen MR) is 331 cm³/mol. The van der Waals surface area contributed by atoms with Gasteiger partial charge in [0, 0.05) is 12.8 Å². The van der Waals surface area contributed by atoms with E-state index in [0.717, 1.165) is 96.3 Å². The predicted octanol–water partition coefficient (Wildman–Crippen LogP) is 17.5. The van der Waals surface area contributed by atoms with Crippen LogP contribution in [0.1, 0.15) is 278 Å². The number of rotatable bonds is 55. The molecule has 12 nitrogen and oxygen atoms in total. The Labute approximate surface area is 492 Å². The van der Waals surface area contributed by atoms with E-state index < -0.39 is 67.3 Å². The molecule has 3 N–H and O–H groups in total. The van der Waals surface area contributed by atoms with Crippen molar-refractivity contribution in [3.63, 3.8) is 0 Å². The lowest BCUT2D eigenvalue weighted by molar-refractivity contribution is -0.301. The van der Waals surface area contributed by atoms with Crippen molar-refractivity contribution in [3.05, 3.63) is 85.1 Å². The first-order chi connectivity index (χ1) is 39.6. The number of carboxylic acids is 1. The summed E-state index contributed by atoms with van der Waals surface area (Å²) in [5.41, 5.74) is 0. The second kappa shape index (κ2) is 56.4. The van der Waals surface area contributed by atoms with Gasteiger partial charge in [-0.25, -0.2) is 4.79 Å². The largest absolute Gasteiger partial charge is 0.479 e. The van der Waals surface area contributed by atoms with Crippen LogP contribution in [0.4, 0.5) is 0 Å². The molecule has 1 heterocycles. The van der Waals surface area contributed by atoms with E-state index in [1.165, 1.54) is 122 Å². The number of aliphatic hydroxyl groups excluding tert-OH is 2. The fourth-order valence-corrected chi connectivity index (χ4v) is 9.53. The zero-order valence-electron chi connectivity index (χ0n) is 51.3. The van der Waals surface area contributed by atoms with Crippen LogP contribution in [0.3, 0.4) is 0 Å². The molecule has 6 unspecified atom stereocenters.